The van der Waals surface area contributed by atoms with Crippen LogP contribution in [0.25, 0.3) is 0 Å². The standard InChI is InChI=1S/C17H17ClN2/c1-11-4-6-15(8-12(11)2)13(3)20-17-9-14(10-19)5-7-16(17)18/h4-9,13,20H,1-3H3. The third-order valence-electron chi connectivity index (χ3n) is 3.50. The molecule has 0 aliphatic carbocycles. The third kappa shape index (κ3) is 3.12. The van der Waals surface area contributed by atoms with Gasteiger partial charge in [-0.2, -0.15) is 5.26 Å². The zero-order valence-electron chi connectivity index (χ0n) is 11.9. The molecule has 1 atom stereocenters. The lowest BCUT2D eigenvalue weighted by Crippen LogP contribution is -2.07. The largest absolute Gasteiger partial charge is 0.377 e. The lowest BCUT2D eigenvalue weighted by atomic mass is 10.0. The number of hydrogen-bond donors (Lipinski definition) is 1. The van der Waals surface area contributed by atoms with Gasteiger partial charge in [0.2, 0.25) is 0 Å². The van der Waals surface area contributed by atoms with E-state index in [9.17, 15) is 0 Å². The van der Waals surface area contributed by atoms with Crippen LogP contribution in [0.15, 0.2) is 36.4 Å². The first-order chi connectivity index (χ1) is 9.51. The summed E-state index contributed by atoms with van der Waals surface area (Å²) in [7, 11) is 0. The Hall–Kier alpha value is -1.98. The Morgan fingerprint density at radius 3 is 2.50 bits per heavy atom. The Bertz CT molecular complexity index is 671. The van der Waals surface area contributed by atoms with E-state index in [1.165, 1.54) is 16.7 Å². The van der Waals surface area contributed by atoms with Crippen molar-refractivity contribution in [1.82, 2.24) is 0 Å². The number of halogens is 1. The van der Waals surface area contributed by atoms with E-state index < -0.39 is 0 Å². The van der Waals surface area contributed by atoms with Gasteiger partial charge in [0, 0.05) is 6.04 Å². The molecule has 0 heterocycles. The minimum atomic E-state index is 0.126. The van der Waals surface area contributed by atoms with E-state index in [4.69, 9.17) is 16.9 Å². The Morgan fingerprint density at radius 2 is 1.85 bits per heavy atom. The van der Waals surface area contributed by atoms with Gasteiger partial charge in [-0.1, -0.05) is 29.8 Å². The van der Waals surface area contributed by atoms with Crippen molar-refractivity contribution in [3.63, 3.8) is 0 Å². The predicted octanol–water partition coefficient (Wildman–Crippen LogP) is 5.00. The Balaban J connectivity index is 2.25. The number of rotatable bonds is 3. The van der Waals surface area contributed by atoms with Gasteiger partial charge in [0.15, 0.2) is 0 Å². The Kier molecular flexibility index (Phi) is 4.32. The van der Waals surface area contributed by atoms with Gasteiger partial charge < -0.3 is 5.32 Å². The van der Waals surface area contributed by atoms with Crippen LogP contribution in [0, 0.1) is 25.2 Å². The molecule has 2 rings (SSSR count). The van der Waals surface area contributed by atoms with Gasteiger partial charge in [0.05, 0.1) is 22.3 Å². The normalized spacial score (nSPS) is 11.8. The highest BCUT2D eigenvalue weighted by atomic mass is 35.5. The quantitative estimate of drug-likeness (QED) is 0.861. The Morgan fingerprint density at radius 1 is 1.10 bits per heavy atom. The van der Waals surface area contributed by atoms with Crippen LogP contribution in [0.3, 0.4) is 0 Å². The molecule has 0 radical (unpaired) electrons. The third-order valence-corrected chi connectivity index (χ3v) is 3.83. The van der Waals surface area contributed by atoms with E-state index in [0.29, 0.717) is 10.6 Å². The van der Waals surface area contributed by atoms with Crippen molar-refractivity contribution in [3.8, 4) is 6.07 Å². The summed E-state index contributed by atoms with van der Waals surface area (Å²) in [6.45, 7) is 6.29. The summed E-state index contributed by atoms with van der Waals surface area (Å²) in [6, 6.07) is 13.9. The molecule has 0 aliphatic heterocycles. The number of aryl methyl sites for hydroxylation is 2. The second kappa shape index (κ2) is 5.98. The van der Waals surface area contributed by atoms with Crippen LogP contribution in [0.2, 0.25) is 5.02 Å². The Labute approximate surface area is 125 Å². The molecule has 0 fully saturated rings. The highest BCUT2D eigenvalue weighted by Gasteiger charge is 2.09. The molecule has 2 aromatic rings. The summed E-state index contributed by atoms with van der Waals surface area (Å²) in [4.78, 5) is 0. The molecular weight excluding hydrogens is 268 g/mol. The zero-order chi connectivity index (χ0) is 14.7. The fourth-order valence-corrected chi connectivity index (χ4v) is 2.23. The first-order valence-electron chi connectivity index (χ1n) is 6.54. The van der Waals surface area contributed by atoms with E-state index in [0.717, 1.165) is 5.69 Å². The fraction of sp³-hybridized carbons (Fsp3) is 0.235. The molecule has 2 nitrogen and oxygen atoms in total. The van der Waals surface area contributed by atoms with Crippen LogP contribution in [0.5, 0.6) is 0 Å². The van der Waals surface area contributed by atoms with Crippen LogP contribution in [0.4, 0.5) is 5.69 Å². The molecular formula is C17H17ClN2. The predicted molar refractivity (Wildman–Crippen MR) is 84.1 cm³/mol. The van der Waals surface area contributed by atoms with Gasteiger partial charge in [-0.05, 0) is 55.7 Å². The minimum absolute atomic E-state index is 0.126. The lowest BCUT2D eigenvalue weighted by molar-refractivity contribution is 0.881. The maximum absolute atomic E-state index is 8.95. The van der Waals surface area contributed by atoms with Crippen LogP contribution in [0.1, 0.15) is 35.2 Å². The topological polar surface area (TPSA) is 35.8 Å². The van der Waals surface area contributed by atoms with E-state index in [1.54, 1.807) is 18.2 Å². The van der Waals surface area contributed by atoms with Gasteiger partial charge in [0.1, 0.15) is 0 Å². The van der Waals surface area contributed by atoms with Crippen LogP contribution in [-0.2, 0) is 0 Å². The SMILES string of the molecule is Cc1ccc(C(C)Nc2cc(C#N)ccc2Cl)cc1C. The average Bonchev–Trinajstić information content (AvgIpc) is 2.44. The van der Waals surface area contributed by atoms with E-state index >= 15 is 0 Å². The van der Waals surface area contributed by atoms with Gasteiger partial charge in [-0.25, -0.2) is 0 Å². The van der Waals surface area contributed by atoms with E-state index in [-0.39, 0.29) is 6.04 Å². The molecule has 0 aromatic heterocycles. The summed E-state index contributed by atoms with van der Waals surface area (Å²) in [6.07, 6.45) is 0. The number of benzene rings is 2. The van der Waals surface area contributed by atoms with Crippen molar-refractivity contribution in [3.05, 3.63) is 63.7 Å². The number of nitrogens with one attached hydrogen (secondary N) is 1. The molecule has 1 unspecified atom stereocenters. The molecule has 0 spiro atoms. The molecule has 0 saturated heterocycles. The van der Waals surface area contributed by atoms with Crippen LogP contribution >= 0.6 is 11.6 Å². The smallest absolute Gasteiger partial charge is 0.0992 e. The van der Waals surface area contributed by atoms with Crippen molar-refractivity contribution in [2.75, 3.05) is 5.32 Å². The van der Waals surface area contributed by atoms with Gasteiger partial charge in [0.25, 0.3) is 0 Å². The van der Waals surface area contributed by atoms with Gasteiger partial charge in [-0.15, -0.1) is 0 Å². The van der Waals surface area contributed by atoms with Crippen molar-refractivity contribution >= 4 is 17.3 Å². The minimum Gasteiger partial charge on any atom is -0.377 e. The molecule has 0 aliphatic rings. The fourth-order valence-electron chi connectivity index (χ4n) is 2.06. The number of nitriles is 1. The zero-order valence-corrected chi connectivity index (χ0v) is 12.6. The number of hydrogen-bond acceptors (Lipinski definition) is 2. The summed E-state index contributed by atoms with van der Waals surface area (Å²) >= 11 is 6.17. The van der Waals surface area contributed by atoms with Gasteiger partial charge >= 0.3 is 0 Å². The molecule has 1 N–H and O–H groups in total. The maximum Gasteiger partial charge on any atom is 0.0992 e. The molecule has 3 heteroatoms. The molecule has 20 heavy (non-hydrogen) atoms. The summed E-state index contributed by atoms with van der Waals surface area (Å²) < 4.78 is 0. The van der Waals surface area contributed by atoms with Crippen molar-refractivity contribution in [2.45, 2.75) is 26.8 Å². The summed E-state index contributed by atoms with van der Waals surface area (Å²) in [5.41, 5.74) is 5.14. The average molecular weight is 285 g/mol. The highest BCUT2D eigenvalue weighted by Crippen LogP contribution is 2.27. The number of nitrogens with zero attached hydrogens (tertiary/aromatic N) is 1. The first-order valence-corrected chi connectivity index (χ1v) is 6.92. The van der Waals surface area contributed by atoms with Crippen molar-refractivity contribution in [2.24, 2.45) is 0 Å². The maximum atomic E-state index is 8.95. The second-order valence-corrected chi connectivity index (χ2v) is 5.42. The monoisotopic (exact) mass is 284 g/mol. The van der Waals surface area contributed by atoms with E-state index in [2.05, 4.69) is 50.4 Å². The molecule has 2 aromatic carbocycles. The van der Waals surface area contributed by atoms with E-state index in [1.807, 2.05) is 0 Å². The summed E-state index contributed by atoms with van der Waals surface area (Å²) in [5, 5.41) is 12.9. The summed E-state index contributed by atoms with van der Waals surface area (Å²) in [5.74, 6) is 0. The van der Waals surface area contributed by atoms with Crippen molar-refractivity contribution in [1.29, 1.82) is 5.26 Å². The second-order valence-electron chi connectivity index (χ2n) is 5.02. The molecule has 0 bridgehead atoms. The van der Waals surface area contributed by atoms with Crippen LogP contribution in [-0.4, -0.2) is 0 Å². The van der Waals surface area contributed by atoms with Crippen LogP contribution < -0.4 is 5.32 Å². The first kappa shape index (κ1) is 14.4. The van der Waals surface area contributed by atoms with Gasteiger partial charge in [-0.3, -0.25) is 0 Å². The molecule has 0 saturated carbocycles. The molecule has 102 valence electrons. The number of anilines is 1. The van der Waals surface area contributed by atoms with Crippen molar-refractivity contribution < 1.29 is 0 Å². The lowest BCUT2D eigenvalue weighted by Gasteiger charge is -2.18. The molecule has 0 amide bonds. The highest BCUT2D eigenvalue weighted by molar-refractivity contribution is 6.33.